The Morgan fingerprint density at radius 2 is 1.87 bits per heavy atom. The van der Waals surface area contributed by atoms with Crippen molar-refractivity contribution in [2.24, 2.45) is 0 Å². The van der Waals surface area contributed by atoms with Gasteiger partial charge >= 0.3 is 0 Å². The highest BCUT2D eigenvalue weighted by atomic mass is 35.5. The number of piperazine rings is 1. The van der Waals surface area contributed by atoms with Gasteiger partial charge < -0.3 is 15.5 Å². The molecule has 1 fully saturated rings. The van der Waals surface area contributed by atoms with Gasteiger partial charge in [-0.25, -0.2) is 4.98 Å². The number of halogens is 1. The second kappa shape index (κ2) is 5.19. The minimum absolute atomic E-state index is 0. The molecular formula is C10H17ClN4. The van der Waals surface area contributed by atoms with E-state index in [0.717, 1.165) is 37.7 Å². The smallest absolute Gasteiger partial charge is 0.128 e. The molecular weight excluding hydrogens is 212 g/mol. The predicted octanol–water partition coefficient (Wildman–Crippen LogP) is 0.837. The third-order valence-corrected chi connectivity index (χ3v) is 2.60. The van der Waals surface area contributed by atoms with Crippen LogP contribution in [0.25, 0.3) is 0 Å². The molecule has 1 aliphatic heterocycles. The van der Waals surface area contributed by atoms with Gasteiger partial charge in [0.2, 0.25) is 0 Å². The molecule has 1 aromatic rings. The van der Waals surface area contributed by atoms with Crippen molar-refractivity contribution in [3.05, 3.63) is 18.3 Å². The first-order chi connectivity index (χ1) is 6.75. The van der Waals surface area contributed by atoms with E-state index in [1.165, 1.54) is 0 Å². The standard InChI is InChI=1S/C10H16N4.ClH/c1-13-4-6-14(7-5-13)10-3-2-9(11)8-12-10;/h2-3,8H,4-7,11H2,1H3;1H. The van der Waals surface area contributed by atoms with Crippen LogP contribution in [0, 0.1) is 0 Å². The predicted molar refractivity (Wildman–Crippen MR) is 65.6 cm³/mol. The van der Waals surface area contributed by atoms with Crippen LogP contribution >= 0.6 is 12.4 Å². The highest BCUT2D eigenvalue weighted by molar-refractivity contribution is 5.85. The number of rotatable bonds is 1. The van der Waals surface area contributed by atoms with E-state index in [-0.39, 0.29) is 12.4 Å². The average molecular weight is 229 g/mol. The maximum atomic E-state index is 5.59. The normalized spacial score (nSPS) is 17.3. The first-order valence-corrected chi connectivity index (χ1v) is 4.91. The Balaban J connectivity index is 0.00000112. The molecule has 2 N–H and O–H groups in total. The molecule has 1 aromatic heterocycles. The van der Waals surface area contributed by atoms with Crippen molar-refractivity contribution >= 4 is 23.9 Å². The van der Waals surface area contributed by atoms with Gasteiger partial charge in [0.05, 0.1) is 11.9 Å². The molecule has 0 spiro atoms. The summed E-state index contributed by atoms with van der Waals surface area (Å²) in [7, 11) is 2.15. The number of hydrogen-bond acceptors (Lipinski definition) is 4. The number of nitrogen functional groups attached to an aromatic ring is 1. The third kappa shape index (κ3) is 2.97. The zero-order valence-electron chi connectivity index (χ0n) is 8.89. The molecule has 2 heterocycles. The van der Waals surface area contributed by atoms with Crippen molar-refractivity contribution in [2.75, 3.05) is 43.9 Å². The summed E-state index contributed by atoms with van der Waals surface area (Å²) in [6.45, 7) is 4.30. The van der Waals surface area contributed by atoms with Crippen LogP contribution in [0.5, 0.6) is 0 Å². The van der Waals surface area contributed by atoms with Crippen molar-refractivity contribution in [1.29, 1.82) is 0 Å². The zero-order chi connectivity index (χ0) is 9.97. The molecule has 0 radical (unpaired) electrons. The number of likely N-dealkylation sites (N-methyl/N-ethyl adjacent to an activating group) is 1. The Labute approximate surface area is 96.5 Å². The van der Waals surface area contributed by atoms with Crippen LogP contribution in [0.3, 0.4) is 0 Å². The van der Waals surface area contributed by atoms with Gasteiger partial charge in [0.15, 0.2) is 0 Å². The lowest BCUT2D eigenvalue weighted by Gasteiger charge is -2.33. The summed E-state index contributed by atoms with van der Waals surface area (Å²) in [6.07, 6.45) is 1.72. The van der Waals surface area contributed by atoms with Crippen LogP contribution in [-0.4, -0.2) is 43.1 Å². The van der Waals surface area contributed by atoms with E-state index in [9.17, 15) is 0 Å². The molecule has 5 heteroatoms. The van der Waals surface area contributed by atoms with Crippen LogP contribution in [0.2, 0.25) is 0 Å². The second-order valence-electron chi connectivity index (χ2n) is 3.74. The monoisotopic (exact) mass is 228 g/mol. The van der Waals surface area contributed by atoms with Crippen molar-refractivity contribution < 1.29 is 0 Å². The molecule has 4 nitrogen and oxygen atoms in total. The van der Waals surface area contributed by atoms with Crippen LogP contribution in [0.4, 0.5) is 11.5 Å². The fourth-order valence-electron chi connectivity index (χ4n) is 1.62. The van der Waals surface area contributed by atoms with E-state index < -0.39 is 0 Å². The second-order valence-corrected chi connectivity index (χ2v) is 3.74. The number of pyridine rings is 1. The molecule has 0 unspecified atom stereocenters. The molecule has 0 saturated carbocycles. The Kier molecular flexibility index (Phi) is 4.17. The van der Waals surface area contributed by atoms with Gasteiger partial charge in [0, 0.05) is 26.2 Å². The minimum Gasteiger partial charge on any atom is -0.397 e. The Bertz CT molecular complexity index is 293. The Morgan fingerprint density at radius 3 is 2.40 bits per heavy atom. The number of hydrogen-bond donors (Lipinski definition) is 1. The van der Waals surface area contributed by atoms with Gasteiger partial charge in [-0.3, -0.25) is 0 Å². The molecule has 0 bridgehead atoms. The lowest BCUT2D eigenvalue weighted by Crippen LogP contribution is -2.44. The summed E-state index contributed by atoms with van der Waals surface area (Å²) < 4.78 is 0. The van der Waals surface area contributed by atoms with E-state index >= 15 is 0 Å². The number of aromatic nitrogens is 1. The van der Waals surface area contributed by atoms with E-state index in [1.807, 2.05) is 12.1 Å². The largest absolute Gasteiger partial charge is 0.397 e. The van der Waals surface area contributed by atoms with E-state index in [2.05, 4.69) is 21.8 Å². The van der Waals surface area contributed by atoms with Gasteiger partial charge in [-0.1, -0.05) is 0 Å². The van der Waals surface area contributed by atoms with Crippen molar-refractivity contribution in [1.82, 2.24) is 9.88 Å². The third-order valence-electron chi connectivity index (χ3n) is 2.60. The first kappa shape index (κ1) is 12.1. The summed E-state index contributed by atoms with van der Waals surface area (Å²) in [5.74, 6) is 1.03. The molecule has 1 saturated heterocycles. The highest BCUT2D eigenvalue weighted by Gasteiger charge is 2.14. The van der Waals surface area contributed by atoms with E-state index in [4.69, 9.17) is 5.73 Å². The van der Waals surface area contributed by atoms with Crippen molar-refractivity contribution in [3.63, 3.8) is 0 Å². The average Bonchev–Trinajstić information content (AvgIpc) is 2.21. The molecule has 15 heavy (non-hydrogen) atoms. The van der Waals surface area contributed by atoms with Crippen LogP contribution in [-0.2, 0) is 0 Å². The minimum atomic E-state index is 0. The first-order valence-electron chi connectivity index (χ1n) is 4.91. The molecule has 1 aliphatic rings. The summed E-state index contributed by atoms with van der Waals surface area (Å²) in [4.78, 5) is 8.93. The maximum Gasteiger partial charge on any atom is 0.128 e. The summed E-state index contributed by atoms with van der Waals surface area (Å²) in [5.41, 5.74) is 6.31. The van der Waals surface area contributed by atoms with Gasteiger partial charge in [-0.15, -0.1) is 12.4 Å². The topological polar surface area (TPSA) is 45.4 Å². The number of nitrogens with two attached hydrogens (primary N) is 1. The fraction of sp³-hybridized carbons (Fsp3) is 0.500. The number of anilines is 2. The van der Waals surface area contributed by atoms with Crippen molar-refractivity contribution in [2.45, 2.75) is 0 Å². The van der Waals surface area contributed by atoms with E-state index in [0.29, 0.717) is 0 Å². The van der Waals surface area contributed by atoms with Gasteiger partial charge in [-0.05, 0) is 19.2 Å². The molecule has 0 aromatic carbocycles. The van der Waals surface area contributed by atoms with E-state index in [1.54, 1.807) is 6.20 Å². The van der Waals surface area contributed by atoms with Gasteiger partial charge in [-0.2, -0.15) is 0 Å². The summed E-state index contributed by atoms with van der Waals surface area (Å²) >= 11 is 0. The van der Waals surface area contributed by atoms with Gasteiger partial charge in [0.1, 0.15) is 5.82 Å². The molecule has 0 atom stereocenters. The lowest BCUT2D eigenvalue weighted by atomic mass is 10.3. The fourth-order valence-corrected chi connectivity index (χ4v) is 1.62. The highest BCUT2D eigenvalue weighted by Crippen LogP contribution is 2.13. The number of nitrogens with zero attached hydrogens (tertiary/aromatic N) is 3. The maximum absolute atomic E-state index is 5.59. The molecule has 84 valence electrons. The lowest BCUT2D eigenvalue weighted by molar-refractivity contribution is 0.312. The SMILES string of the molecule is CN1CCN(c2ccc(N)cn2)CC1.Cl. The molecule has 2 rings (SSSR count). The molecule has 0 aliphatic carbocycles. The summed E-state index contributed by atoms with van der Waals surface area (Å²) in [6, 6.07) is 3.89. The van der Waals surface area contributed by atoms with Crippen molar-refractivity contribution in [3.8, 4) is 0 Å². The van der Waals surface area contributed by atoms with Gasteiger partial charge in [0.25, 0.3) is 0 Å². The molecule has 0 amide bonds. The van der Waals surface area contributed by atoms with Crippen LogP contribution in [0.15, 0.2) is 18.3 Å². The van der Waals surface area contributed by atoms with Crippen LogP contribution in [0.1, 0.15) is 0 Å². The Morgan fingerprint density at radius 1 is 1.20 bits per heavy atom. The zero-order valence-corrected chi connectivity index (χ0v) is 9.70. The van der Waals surface area contributed by atoms with Crippen LogP contribution < -0.4 is 10.6 Å². The summed E-state index contributed by atoms with van der Waals surface area (Å²) in [5, 5.41) is 0. The quantitative estimate of drug-likeness (QED) is 0.774. The Hall–Kier alpha value is -1.000.